The number of aliphatic imine (C=N–C) groups is 1. The number of ether oxygens (including phenoxy) is 4. The lowest BCUT2D eigenvalue weighted by molar-refractivity contribution is -0.137. The van der Waals surface area contributed by atoms with Crippen molar-refractivity contribution in [3.05, 3.63) is 65.7 Å². The van der Waals surface area contributed by atoms with Gasteiger partial charge in [0, 0.05) is 50.1 Å². The van der Waals surface area contributed by atoms with Crippen molar-refractivity contribution >= 4 is 23.2 Å². The minimum absolute atomic E-state index is 0.0622. The van der Waals surface area contributed by atoms with Crippen molar-refractivity contribution < 1.29 is 36.9 Å². The Bertz CT molecular complexity index is 1430. The third kappa shape index (κ3) is 5.56. The molecule has 40 heavy (non-hydrogen) atoms. The van der Waals surface area contributed by atoms with Gasteiger partial charge in [0.1, 0.15) is 34.5 Å². The summed E-state index contributed by atoms with van der Waals surface area (Å²) in [5.41, 5.74) is 0.335. The molecule has 12 heteroatoms. The molecule has 0 spiro atoms. The summed E-state index contributed by atoms with van der Waals surface area (Å²) in [4.78, 5) is 21.2. The molecule has 1 saturated heterocycles. The zero-order chi connectivity index (χ0) is 28.4. The number of nitrogens with one attached hydrogen (secondary N) is 1. The molecule has 5 rings (SSSR count). The Morgan fingerprint density at radius 3 is 2.12 bits per heavy atom. The number of hydrogen-bond donors (Lipinski definition) is 1. The van der Waals surface area contributed by atoms with Crippen molar-refractivity contribution in [3.8, 4) is 28.7 Å². The number of amides is 2. The normalized spacial score (nSPS) is 14.7. The minimum atomic E-state index is -4.53. The molecule has 0 bridgehead atoms. The lowest BCUT2D eigenvalue weighted by Crippen LogP contribution is -2.51. The van der Waals surface area contributed by atoms with E-state index in [0.717, 1.165) is 12.1 Å². The van der Waals surface area contributed by atoms with Crippen molar-refractivity contribution in [2.24, 2.45) is 4.99 Å². The second-order valence-corrected chi connectivity index (χ2v) is 9.09. The van der Waals surface area contributed by atoms with Crippen molar-refractivity contribution in [2.75, 3.05) is 52.8 Å². The Labute approximate surface area is 228 Å². The van der Waals surface area contributed by atoms with Gasteiger partial charge in [-0.1, -0.05) is 0 Å². The van der Waals surface area contributed by atoms with E-state index in [0.29, 0.717) is 66.3 Å². The monoisotopic (exact) mass is 556 g/mol. The summed E-state index contributed by atoms with van der Waals surface area (Å²) in [5.74, 6) is 2.70. The van der Waals surface area contributed by atoms with Crippen LogP contribution in [-0.4, -0.2) is 69.2 Å². The van der Waals surface area contributed by atoms with Gasteiger partial charge in [-0.3, -0.25) is 0 Å². The second kappa shape index (κ2) is 10.9. The number of amidine groups is 1. The molecule has 0 atom stereocenters. The molecule has 2 aliphatic rings. The Balaban J connectivity index is 1.39. The van der Waals surface area contributed by atoms with Crippen molar-refractivity contribution in [2.45, 2.75) is 6.18 Å². The lowest BCUT2D eigenvalue weighted by atomic mass is 10.1. The molecule has 1 fully saturated rings. The Morgan fingerprint density at radius 1 is 0.850 bits per heavy atom. The van der Waals surface area contributed by atoms with Gasteiger partial charge in [-0.15, -0.1) is 0 Å². The van der Waals surface area contributed by atoms with Gasteiger partial charge >= 0.3 is 12.2 Å². The second-order valence-electron chi connectivity index (χ2n) is 9.09. The van der Waals surface area contributed by atoms with Crippen LogP contribution in [0.1, 0.15) is 11.1 Å². The zero-order valence-electron chi connectivity index (χ0n) is 22.0. The van der Waals surface area contributed by atoms with Crippen LogP contribution in [-0.2, 0) is 6.18 Å². The predicted octanol–water partition coefficient (Wildman–Crippen LogP) is 5.76. The topological polar surface area (TPSA) is 84.9 Å². The number of nitrogens with zero attached hydrogens (tertiary/aromatic N) is 3. The molecule has 0 radical (unpaired) electrons. The molecule has 2 heterocycles. The van der Waals surface area contributed by atoms with Gasteiger partial charge in [0.05, 0.1) is 32.5 Å². The highest BCUT2D eigenvalue weighted by atomic mass is 19.4. The highest BCUT2D eigenvalue weighted by Crippen LogP contribution is 2.42. The number of carbonyl (C=O) groups is 1. The molecule has 1 N–H and O–H groups in total. The van der Waals surface area contributed by atoms with E-state index >= 15 is 0 Å². The number of fused-ring (bicyclic) bond motifs is 2. The number of rotatable bonds is 4. The van der Waals surface area contributed by atoms with Gasteiger partial charge in [-0.2, -0.15) is 13.2 Å². The highest BCUT2D eigenvalue weighted by Gasteiger charge is 2.33. The maximum Gasteiger partial charge on any atom is 0.416 e. The fourth-order valence-electron chi connectivity index (χ4n) is 4.50. The molecule has 0 aliphatic carbocycles. The fourth-order valence-corrected chi connectivity index (χ4v) is 4.50. The SMILES string of the molecule is COc1cc(NC(=O)N2CCN(C3=Nc4cc(C(F)(F)F)ccc4Oc4ccc(OC)cc43)CC2)cc(OC)c1. The summed E-state index contributed by atoms with van der Waals surface area (Å²) in [6, 6.07) is 13.1. The first-order valence-corrected chi connectivity index (χ1v) is 12.4. The molecule has 3 aromatic carbocycles. The van der Waals surface area contributed by atoms with E-state index < -0.39 is 11.7 Å². The number of methoxy groups -OCH3 is 3. The van der Waals surface area contributed by atoms with Crippen LogP contribution < -0.4 is 24.3 Å². The van der Waals surface area contributed by atoms with Crippen LogP contribution in [0.25, 0.3) is 0 Å². The Hall–Kier alpha value is -4.61. The molecule has 0 aromatic heterocycles. The number of urea groups is 1. The molecular formula is C28H27F3N4O5. The first-order chi connectivity index (χ1) is 19.2. The van der Waals surface area contributed by atoms with Gasteiger partial charge in [0.2, 0.25) is 0 Å². The van der Waals surface area contributed by atoms with E-state index in [2.05, 4.69) is 10.3 Å². The smallest absolute Gasteiger partial charge is 0.416 e. The summed E-state index contributed by atoms with van der Waals surface area (Å²) in [6.07, 6.45) is -4.53. The number of benzene rings is 3. The number of carbonyl (C=O) groups excluding carboxylic acids is 1. The van der Waals surface area contributed by atoms with Crippen LogP contribution in [0.4, 0.5) is 29.3 Å². The summed E-state index contributed by atoms with van der Waals surface area (Å²) < 4.78 is 62.3. The maximum atomic E-state index is 13.5. The fraction of sp³-hybridized carbons (Fsp3) is 0.286. The maximum absolute atomic E-state index is 13.5. The van der Waals surface area contributed by atoms with E-state index in [4.69, 9.17) is 18.9 Å². The van der Waals surface area contributed by atoms with E-state index in [1.165, 1.54) is 27.4 Å². The number of halogens is 3. The standard InChI is InChI=1S/C28H27F3N4O5/c1-37-19-5-7-24-22(16-19)26(33-23-12-17(28(29,30)31)4-6-25(23)40-24)34-8-10-35(11-9-34)27(36)32-18-13-20(38-2)15-21(14-18)39-3/h4-7,12-16H,8-11H2,1-3H3,(H,32,36). The van der Waals surface area contributed by atoms with Crippen molar-refractivity contribution in [1.29, 1.82) is 0 Å². The van der Waals surface area contributed by atoms with Crippen molar-refractivity contribution in [1.82, 2.24) is 9.80 Å². The van der Waals surface area contributed by atoms with Gasteiger partial charge < -0.3 is 34.1 Å². The van der Waals surface area contributed by atoms with Crippen LogP contribution in [0.5, 0.6) is 28.7 Å². The first kappa shape index (κ1) is 27.0. The van der Waals surface area contributed by atoms with Crippen LogP contribution in [0.3, 0.4) is 0 Å². The summed E-state index contributed by atoms with van der Waals surface area (Å²) in [7, 11) is 4.57. The van der Waals surface area contributed by atoms with E-state index in [9.17, 15) is 18.0 Å². The predicted molar refractivity (Wildman–Crippen MR) is 142 cm³/mol. The Kier molecular flexibility index (Phi) is 7.33. The molecular weight excluding hydrogens is 529 g/mol. The minimum Gasteiger partial charge on any atom is -0.497 e. The third-order valence-electron chi connectivity index (χ3n) is 6.63. The average molecular weight is 557 g/mol. The third-order valence-corrected chi connectivity index (χ3v) is 6.63. The van der Waals surface area contributed by atoms with Crippen LogP contribution in [0.15, 0.2) is 59.6 Å². The molecule has 3 aromatic rings. The van der Waals surface area contributed by atoms with E-state index in [1.54, 1.807) is 41.3 Å². The molecule has 0 unspecified atom stereocenters. The average Bonchev–Trinajstić information content (AvgIpc) is 3.12. The quantitative estimate of drug-likeness (QED) is 0.440. The summed E-state index contributed by atoms with van der Waals surface area (Å²) in [6.45, 7) is 1.47. The van der Waals surface area contributed by atoms with Gasteiger partial charge in [0.25, 0.3) is 0 Å². The van der Waals surface area contributed by atoms with Gasteiger partial charge in [0.15, 0.2) is 5.75 Å². The van der Waals surface area contributed by atoms with E-state index in [-0.39, 0.29) is 17.5 Å². The first-order valence-electron chi connectivity index (χ1n) is 12.4. The highest BCUT2D eigenvalue weighted by molar-refractivity contribution is 6.04. The molecule has 2 amide bonds. The largest absolute Gasteiger partial charge is 0.497 e. The summed E-state index contributed by atoms with van der Waals surface area (Å²) in [5, 5.41) is 2.86. The van der Waals surface area contributed by atoms with E-state index in [1.807, 2.05) is 4.90 Å². The number of anilines is 1. The van der Waals surface area contributed by atoms with Crippen LogP contribution in [0, 0.1) is 0 Å². The molecule has 210 valence electrons. The molecule has 9 nitrogen and oxygen atoms in total. The number of piperazine rings is 1. The lowest BCUT2D eigenvalue weighted by Gasteiger charge is -2.36. The number of hydrogen-bond acceptors (Lipinski definition) is 7. The van der Waals surface area contributed by atoms with Crippen LogP contribution in [0.2, 0.25) is 0 Å². The van der Waals surface area contributed by atoms with Gasteiger partial charge in [-0.05, 0) is 36.4 Å². The van der Waals surface area contributed by atoms with Crippen molar-refractivity contribution in [3.63, 3.8) is 0 Å². The molecule has 2 aliphatic heterocycles. The number of alkyl halides is 3. The molecule has 0 saturated carbocycles. The Morgan fingerprint density at radius 2 is 1.50 bits per heavy atom. The summed E-state index contributed by atoms with van der Waals surface area (Å²) >= 11 is 0. The zero-order valence-corrected chi connectivity index (χ0v) is 22.0. The van der Waals surface area contributed by atoms with Gasteiger partial charge in [-0.25, -0.2) is 9.79 Å². The van der Waals surface area contributed by atoms with Crippen LogP contribution >= 0.6 is 0 Å².